The number of pyridine rings is 2. The summed E-state index contributed by atoms with van der Waals surface area (Å²) in [5.41, 5.74) is 3.43. The Bertz CT molecular complexity index is 1240. The maximum absolute atomic E-state index is 12.6. The zero-order valence-corrected chi connectivity index (χ0v) is 17.1. The van der Waals surface area contributed by atoms with E-state index < -0.39 is 6.36 Å². The molecule has 2 heterocycles. The van der Waals surface area contributed by atoms with Gasteiger partial charge in [0.25, 0.3) is 0 Å². The Morgan fingerprint density at radius 2 is 1.66 bits per heavy atom. The lowest BCUT2D eigenvalue weighted by molar-refractivity contribution is -0.274. The summed E-state index contributed by atoms with van der Waals surface area (Å²) in [5.74, 6) is 0.770. The standard InChI is InChI=1S/C23H18F3N3O3/c1-30-18-10-15(14-3-6-22(31-2)28-13-14)9-16(11-18)29-21-7-8-27-20-5-4-17(12-19(20)21)32-23(24,25)26/h3-13H,1-2H3,(H,27,29). The third-order valence-electron chi connectivity index (χ3n) is 4.65. The maximum atomic E-state index is 12.6. The molecule has 0 saturated heterocycles. The summed E-state index contributed by atoms with van der Waals surface area (Å²) in [7, 11) is 3.09. The molecule has 0 bridgehead atoms. The summed E-state index contributed by atoms with van der Waals surface area (Å²) in [4.78, 5) is 8.44. The SMILES string of the molecule is COc1cc(Nc2ccnc3ccc(OC(F)(F)F)cc23)cc(-c2ccc(OC)nc2)c1. The van der Waals surface area contributed by atoms with Crippen molar-refractivity contribution in [3.8, 4) is 28.5 Å². The molecule has 4 rings (SSSR count). The normalized spacial score (nSPS) is 11.3. The van der Waals surface area contributed by atoms with E-state index in [1.165, 1.54) is 18.2 Å². The van der Waals surface area contributed by atoms with E-state index in [-0.39, 0.29) is 5.75 Å². The fraction of sp³-hybridized carbons (Fsp3) is 0.130. The topological polar surface area (TPSA) is 65.5 Å². The van der Waals surface area contributed by atoms with Crippen molar-refractivity contribution in [2.45, 2.75) is 6.36 Å². The molecule has 0 spiro atoms. The van der Waals surface area contributed by atoms with Gasteiger partial charge in [-0.15, -0.1) is 13.2 Å². The summed E-state index contributed by atoms with van der Waals surface area (Å²) in [6.07, 6.45) is -1.53. The third-order valence-corrected chi connectivity index (χ3v) is 4.65. The fourth-order valence-corrected chi connectivity index (χ4v) is 3.21. The zero-order valence-electron chi connectivity index (χ0n) is 17.1. The first-order valence-corrected chi connectivity index (χ1v) is 9.46. The third kappa shape index (κ3) is 4.83. The van der Waals surface area contributed by atoms with Crippen molar-refractivity contribution in [2.24, 2.45) is 0 Å². The molecule has 32 heavy (non-hydrogen) atoms. The monoisotopic (exact) mass is 441 g/mol. The number of fused-ring (bicyclic) bond motifs is 1. The maximum Gasteiger partial charge on any atom is 0.573 e. The van der Waals surface area contributed by atoms with Gasteiger partial charge in [-0.1, -0.05) is 0 Å². The second-order valence-electron chi connectivity index (χ2n) is 6.75. The van der Waals surface area contributed by atoms with Gasteiger partial charge >= 0.3 is 6.36 Å². The largest absolute Gasteiger partial charge is 0.573 e. The number of nitrogens with zero attached hydrogens (tertiary/aromatic N) is 2. The highest BCUT2D eigenvalue weighted by molar-refractivity contribution is 5.94. The highest BCUT2D eigenvalue weighted by atomic mass is 19.4. The molecule has 0 radical (unpaired) electrons. The molecule has 0 fully saturated rings. The van der Waals surface area contributed by atoms with Gasteiger partial charge in [0.05, 0.1) is 19.7 Å². The molecule has 1 N–H and O–H groups in total. The van der Waals surface area contributed by atoms with Gasteiger partial charge in [-0.3, -0.25) is 4.98 Å². The van der Waals surface area contributed by atoms with Crippen LogP contribution in [-0.2, 0) is 0 Å². The molecule has 0 amide bonds. The lowest BCUT2D eigenvalue weighted by Crippen LogP contribution is -2.17. The summed E-state index contributed by atoms with van der Waals surface area (Å²) in [5, 5.41) is 3.72. The minimum atomic E-state index is -4.78. The molecule has 0 aliphatic rings. The van der Waals surface area contributed by atoms with Gasteiger partial charge in [-0.05, 0) is 48.0 Å². The molecule has 9 heteroatoms. The number of nitrogens with one attached hydrogen (secondary N) is 1. The van der Waals surface area contributed by atoms with Gasteiger partial charge in [-0.2, -0.15) is 0 Å². The van der Waals surface area contributed by atoms with E-state index in [1.807, 2.05) is 18.2 Å². The number of rotatable bonds is 6. The first-order valence-electron chi connectivity index (χ1n) is 9.46. The van der Waals surface area contributed by atoms with Crippen molar-refractivity contribution in [1.29, 1.82) is 0 Å². The van der Waals surface area contributed by atoms with Gasteiger partial charge in [0.2, 0.25) is 5.88 Å². The Hall–Kier alpha value is -4.01. The van der Waals surface area contributed by atoms with E-state index in [2.05, 4.69) is 20.0 Å². The van der Waals surface area contributed by atoms with Crippen molar-refractivity contribution in [1.82, 2.24) is 9.97 Å². The Morgan fingerprint density at radius 3 is 2.34 bits per heavy atom. The zero-order chi connectivity index (χ0) is 22.7. The average Bonchev–Trinajstić information content (AvgIpc) is 2.78. The lowest BCUT2D eigenvalue weighted by Gasteiger charge is -2.14. The molecule has 0 aliphatic carbocycles. The highest BCUT2D eigenvalue weighted by Crippen LogP contribution is 2.34. The second kappa shape index (κ2) is 8.62. The molecule has 0 aliphatic heterocycles. The van der Waals surface area contributed by atoms with Crippen LogP contribution in [0.4, 0.5) is 24.5 Å². The van der Waals surface area contributed by atoms with Crippen LogP contribution in [0, 0.1) is 0 Å². The van der Waals surface area contributed by atoms with Gasteiger partial charge in [0.15, 0.2) is 0 Å². The number of hydrogen-bond acceptors (Lipinski definition) is 6. The number of hydrogen-bond donors (Lipinski definition) is 1. The predicted octanol–water partition coefficient (Wildman–Crippen LogP) is 5.96. The molecule has 2 aromatic carbocycles. The van der Waals surface area contributed by atoms with Crippen LogP contribution >= 0.6 is 0 Å². The Balaban J connectivity index is 1.72. The summed E-state index contributed by atoms with van der Waals surface area (Å²) >= 11 is 0. The fourth-order valence-electron chi connectivity index (χ4n) is 3.21. The van der Waals surface area contributed by atoms with Crippen LogP contribution in [0.5, 0.6) is 17.4 Å². The number of halogens is 3. The van der Waals surface area contributed by atoms with Crippen molar-refractivity contribution < 1.29 is 27.4 Å². The Labute approximate surface area is 181 Å². The summed E-state index contributed by atoms with van der Waals surface area (Å²) < 4.78 is 52.5. The van der Waals surface area contributed by atoms with Crippen LogP contribution in [-0.4, -0.2) is 30.5 Å². The second-order valence-corrected chi connectivity index (χ2v) is 6.75. The molecule has 6 nitrogen and oxygen atoms in total. The van der Waals surface area contributed by atoms with Gasteiger partial charge in [-0.25, -0.2) is 4.98 Å². The molecular formula is C23H18F3N3O3. The average molecular weight is 441 g/mol. The highest BCUT2D eigenvalue weighted by Gasteiger charge is 2.31. The van der Waals surface area contributed by atoms with Crippen LogP contribution in [0.15, 0.2) is 67.0 Å². The molecule has 0 saturated carbocycles. The first-order chi connectivity index (χ1) is 15.3. The van der Waals surface area contributed by atoms with E-state index in [1.54, 1.807) is 44.8 Å². The van der Waals surface area contributed by atoms with E-state index in [4.69, 9.17) is 9.47 Å². The van der Waals surface area contributed by atoms with E-state index in [0.29, 0.717) is 33.9 Å². The van der Waals surface area contributed by atoms with Crippen LogP contribution in [0.2, 0.25) is 0 Å². The van der Waals surface area contributed by atoms with Crippen molar-refractivity contribution in [3.05, 3.63) is 67.0 Å². The van der Waals surface area contributed by atoms with E-state index in [9.17, 15) is 13.2 Å². The molecule has 2 aromatic heterocycles. The van der Waals surface area contributed by atoms with Crippen LogP contribution in [0.3, 0.4) is 0 Å². The number of aromatic nitrogens is 2. The molecule has 0 unspecified atom stereocenters. The lowest BCUT2D eigenvalue weighted by atomic mass is 10.1. The predicted molar refractivity (Wildman–Crippen MR) is 114 cm³/mol. The number of ether oxygens (including phenoxy) is 3. The first kappa shape index (κ1) is 21.2. The van der Waals surface area contributed by atoms with Gasteiger partial charge in [0, 0.05) is 46.9 Å². The minimum absolute atomic E-state index is 0.323. The van der Waals surface area contributed by atoms with Gasteiger partial charge in [0.1, 0.15) is 11.5 Å². The molecule has 164 valence electrons. The van der Waals surface area contributed by atoms with Crippen LogP contribution < -0.4 is 19.5 Å². The quantitative estimate of drug-likeness (QED) is 0.399. The van der Waals surface area contributed by atoms with Crippen molar-refractivity contribution >= 4 is 22.3 Å². The number of alkyl halides is 3. The smallest absolute Gasteiger partial charge is 0.497 e. The number of anilines is 2. The van der Waals surface area contributed by atoms with Crippen LogP contribution in [0.1, 0.15) is 0 Å². The minimum Gasteiger partial charge on any atom is -0.497 e. The van der Waals surface area contributed by atoms with E-state index >= 15 is 0 Å². The van der Waals surface area contributed by atoms with Crippen molar-refractivity contribution in [3.63, 3.8) is 0 Å². The summed E-state index contributed by atoms with van der Waals surface area (Å²) in [6.45, 7) is 0. The Morgan fingerprint density at radius 1 is 0.812 bits per heavy atom. The van der Waals surface area contributed by atoms with Crippen LogP contribution in [0.25, 0.3) is 22.0 Å². The molecular weight excluding hydrogens is 423 g/mol. The molecule has 4 aromatic rings. The summed E-state index contributed by atoms with van der Waals surface area (Å²) in [6, 6.07) is 14.8. The number of benzene rings is 2. The Kier molecular flexibility index (Phi) is 5.72. The molecule has 0 atom stereocenters. The van der Waals surface area contributed by atoms with E-state index in [0.717, 1.165) is 11.1 Å². The van der Waals surface area contributed by atoms with Gasteiger partial charge < -0.3 is 19.5 Å². The number of methoxy groups -OCH3 is 2. The van der Waals surface area contributed by atoms with Crippen molar-refractivity contribution in [2.75, 3.05) is 19.5 Å².